The predicted molar refractivity (Wildman–Crippen MR) is 70.8 cm³/mol. The Morgan fingerprint density at radius 2 is 2.06 bits per heavy atom. The Morgan fingerprint density at radius 1 is 1.44 bits per heavy atom. The number of aryl methyl sites for hydroxylation is 1. The van der Waals surface area contributed by atoms with Crippen LogP contribution in [0.5, 0.6) is 0 Å². The molecule has 0 N–H and O–H groups in total. The highest BCUT2D eigenvalue weighted by atomic mass is 32.2. The minimum atomic E-state index is -3.70. The normalized spacial score (nSPS) is 26.9. The van der Waals surface area contributed by atoms with Gasteiger partial charge < -0.3 is 0 Å². The second-order valence-corrected chi connectivity index (χ2v) is 6.37. The molecule has 0 heterocycles. The van der Waals surface area contributed by atoms with Gasteiger partial charge in [0.05, 0.1) is 4.90 Å². The van der Waals surface area contributed by atoms with Gasteiger partial charge in [-0.15, -0.1) is 6.58 Å². The summed E-state index contributed by atoms with van der Waals surface area (Å²) in [7, 11) is -3.70. The third-order valence-electron chi connectivity index (χ3n) is 3.51. The molecule has 0 aromatic heterocycles. The Hall–Kier alpha value is -1.13. The van der Waals surface area contributed by atoms with Crippen LogP contribution in [0, 0.1) is 12.8 Å². The Kier molecular flexibility index (Phi) is 3.34. The summed E-state index contributed by atoms with van der Waals surface area (Å²) in [5.41, 5.74) is 0.337. The van der Waals surface area contributed by atoms with E-state index in [1.54, 1.807) is 30.3 Å². The highest BCUT2D eigenvalue weighted by molar-refractivity contribution is 7.86. The quantitative estimate of drug-likeness (QED) is 0.607. The van der Waals surface area contributed by atoms with Crippen LogP contribution in [0.2, 0.25) is 0 Å². The Labute approximate surface area is 109 Å². The first-order chi connectivity index (χ1) is 8.43. The van der Waals surface area contributed by atoms with Gasteiger partial charge in [0, 0.05) is 0 Å². The molecule has 0 amide bonds. The van der Waals surface area contributed by atoms with Gasteiger partial charge in [0.25, 0.3) is 10.1 Å². The predicted octanol–water partition coefficient (Wildman–Crippen LogP) is 3.06. The van der Waals surface area contributed by atoms with Crippen molar-refractivity contribution in [1.82, 2.24) is 0 Å². The van der Waals surface area contributed by atoms with E-state index in [4.69, 9.17) is 4.18 Å². The minimum absolute atomic E-state index is 0.205. The first-order valence-electron chi connectivity index (χ1n) is 6.09. The van der Waals surface area contributed by atoms with Crippen LogP contribution < -0.4 is 0 Å². The summed E-state index contributed by atoms with van der Waals surface area (Å²) in [6.07, 6.45) is 3.25. The number of hydrogen-bond donors (Lipinski definition) is 0. The summed E-state index contributed by atoms with van der Waals surface area (Å²) in [5.74, 6) is 0.259. The van der Waals surface area contributed by atoms with Gasteiger partial charge in [-0.2, -0.15) is 8.42 Å². The van der Waals surface area contributed by atoms with Crippen molar-refractivity contribution in [3.05, 3.63) is 42.5 Å². The highest BCUT2D eigenvalue weighted by Gasteiger charge is 2.55. The number of hydrogen-bond acceptors (Lipinski definition) is 3. The lowest BCUT2D eigenvalue weighted by Gasteiger charge is -2.13. The molecule has 1 aliphatic carbocycles. The molecule has 0 aliphatic heterocycles. The molecule has 0 unspecified atom stereocenters. The lowest BCUT2D eigenvalue weighted by Crippen LogP contribution is -2.20. The summed E-state index contributed by atoms with van der Waals surface area (Å²) in [6.45, 7) is 7.63. The molecule has 98 valence electrons. The standard InChI is InChI=1S/C14H18O3S/c1-4-12-10-14(12,5-2)17-18(15,16)13-8-6-11(3)7-9-13/h5-9,12H,2,4,10H2,1,3H3/t12-,14-/m0/s1. The highest BCUT2D eigenvalue weighted by Crippen LogP contribution is 2.51. The lowest BCUT2D eigenvalue weighted by molar-refractivity contribution is 0.217. The topological polar surface area (TPSA) is 43.4 Å². The fourth-order valence-corrected chi connectivity index (χ4v) is 3.41. The van der Waals surface area contributed by atoms with Crippen LogP contribution in [0.4, 0.5) is 0 Å². The van der Waals surface area contributed by atoms with Crippen LogP contribution in [0.15, 0.2) is 41.8 Å². The number of rotatable bonds is 5. The second-order valence-electron chi connectivity index (χ2n) is 4.82. The van der Waals surface area contributed by atoms with Crippen molar-refractivity contribution in [2.24, 2.45) is 5.92 Å². The summed E-state index contributed by atoms with van der Waals surface area (Å²) in [4.78, 5) is 0.205. The average Bonchev–Trinajstić information content (AvgIpc) is 3.03. The molecule has 4 heteroatoms. The third-order valence-corrected chi connectivity index (χ3v) is 4.89. The fraction of sp³-hybridized carbons (Fsp3) is 0.429. The van der Waals surface area contributed by atoms with E-state index in [-0.39, 0.29) is 10.8 Å². The van der Waals surface area contributed by atoms with Crippen molar-refractivity contribution in [3.63, 3.8) is 0 Å². The van der Waals surface area contributed by atoms with Crippen molar-refractivity contribution in [3.8, 4) is 0 Å². The zero-order valence-electron chi connectivity index (χ0n) is 10.7. The summed E-state index contributed by atoms with van der Waals surface area (Å²) >= 11 is 0. The van der Waals surface area contributed by atoms with Gasteiger partial charge in [-0.25, -0.2) is 0 Å². The van der Waals surface area contributed by atoms with Crippen LogP contribution >= 0.6 is 0 Å². The van der Waals surface area contributed by atoms with Gasteiger partial charge in [-0.3, -0.25) is 4.18 Å². The van der Waals surface area contributed by atoms with Crippen molar-refractivity contribution in [2.45, 2.75) is 37.2 Å². The van der Waals surface area contributed by atoms with Gasteiger partial charge in [0.15, 0.2) is 0 Å². The molecule has 0 bridgehead atoms. The van der Waals surface area contributed by atoms with Gasteiger partial charge in [-0.05, 0) is 31.4 Å². The molecule has 3 nitrogen and oxygen atoms in total. The largest absolute Gasteiger partial charge is 0.297 e. The minimum Gasteiger partial charge on any atom is -0.255 e. The SMILES string of the molecule is C=C[C@]1(OS(=O)(=O)c2ccc(C)cc2)C[C@@H]1CC. The van der Waals surface area contributed by atoms with E-state index >= 15 is 0 Å². The Morgan fingerprint density at radius 3 is 2.50 bits per heavy atom. The lowest BCUT2D eigenvalue weighted by atomic mass is 10.2. The van der Waals surface area contributed by atoms with Crippen molar-refractivity contribution < 1.29 is 12.6 Å². The van der Waals surface area contributed by atoms with E-state index in [1.807, 2.05) is 13.8 Å². The number of benzene rings is 1. The van der Waals surface area contributed by atoms with Crippen molar-refractivity contribution >= 4 is 10.1 Å². The smallest absolute Gasteiger partial charge is 0.255 e. The zero-order chi connectivity index (χ0) is 13.4. The molecular weight excluding hydrogens is 248 g/mol. The fourth-order valence-electron chi connectivity index (χ4n) is 2.16. The summed E-state index contributed by atoms with van der Waals surface area (Å²) in [5, 5.41) is 0. The van der Waals surface area contributed by atoms with E-state index < -0.39 is 15.7 Å². The third kappa shape index (κ3) is 2.35. The van der Waals surface area contributed by atoms with Crippen LogP contribution in [0.1, 0.15) is 25.3 Å². The molecule has 1 aromatic carbocycles. The first-order valence-corrected chi connectivity index (χ1v) is 7.50. The molecule has 0 spiro atoms. The molecule has 2 rings (SSSR count). The maximum Gasteiger partial charge on any atom is 0.297 e. The average molecular weight is 266 g/mol. The van der Waals surface area contributed by atoms with Gasteiger partial charge in [-0.1, -0.05) is 37.1 Å². The van der Waals surface area contributed by atoms with Gasteiger partial charge in [0.1, 0.15) is 5.60 Å². The molecule has 1 aromatic rings. The van der Waals surface area contributed by atoms with Crippen LogP contribution in [0.25, 0.3) is 0 Å². The molecule has 0 saturated heterocycles. The molecule has 0 radical (unpaired) electrons. The van der Waals surface area contributed by atoms with E-state index in [0.717, 1.165) is 18.4 Å². The Balaban J connectivity index is 2.23. The molecular formula is C14H18O3S. The molecule has 18 heavy (non-hydrogen) atoms. The van der Waals surface area contributed by atoms with Crippen LogP contribution in [-0.4, -0.2) is 14.0 Å². The van der Waals surface area contributed by atoms with E-state index in [1.165, 1.54) is 0 Å². The summed E-state index contributed by atoms with van der Waals surface area (Å²) in [6, 6.07) is 6.68. The van der Waals surface area contributed by atoms with Crippen LogP contribution in [-0.2, 0) is 14.3 Å². The zero-order valence-corrected chi connectivity index (χ0v) is 11.5. The Bertz CT molecular complexity index is 545. The monoisotopic (exact) mass is 266 g/mol. The van der Waals surface area contributed by atoms with Crippen molar-refractivity contribution in [2.75, 3.05) is 0 Å². The van der Waals surface area contributed by atoms with Gasteiger partial charge >= 0.3 is 0 Å². The maximum absolute atomic E-state index is 12.1. The molecule has 2 atom stereocenters. The van der Waals surface area contributed by atoms with E-state index in [0.29, 0.717) is 0 Å². The second kappa shape index (κ2) is 4.52. The molecule has 1 fully saturated rings. The van der Waals surface area contributed by atoms with Crippen molar-refractivity contribution in [1.29, 1.82) is 0 Å². The maximum atomic E-state index is 12.1. The first kappa shape index (κ1) is 13.3. The van der Waals surface area contributed by atoms with E-state index in [9.17, 15) is 8.42 Å². The molecule has 1 aliphatic rings. The molecule has 1 saturated carbocycles. The summed E-state index contributed by atoms with van der Waals surface area (Å²) < 4.78 is 29.7. The van der Waals surface area contributed by atoms with Crippen LogP contribution in [0.3, 0.4) is 0 Å². The van der Waals surface area contributed by atoms with E-state index in [2.05, 4.69) is 6.58 Å². The van der Waals surface area contributed by atoms with Gasteiger partial charge in [0.2, 0.25) is 0 Å².